The predicted molar refractivity (Wildman–Crippen MR) is 104 cm³/mol. The van der Waals surface area contributed by atoms with Crippen molar-refractivity contribution in [1.29, 1.82) is 0 Å². The summed E-state index contributed by atoms with van der Waals surface area (Å²) in [6.07, 6.45) is 2.22. The van der Waals surface area contributed by atoms with Gasteiger partial charge in [-0.25, -0.2) is 0 Å². The number of aryl methyl sites for hydroxylation is 1. The van der Waals surface area contributed by atoms with Crippen LogP contribution >= 0.6 is 0 Å². The van der Waals surface area contributed by atoms with Crippen molar-refractivity contribution in [2.24, 2.45) is 0 Å². The smallest absolute Gasteiger partial charge is 0.00950 e. The summed E-state index contributed by atoms with van der Waals surface area (Å²) in [6.45, 7) is 4.55. The topological polar surface area (TPSA) is 0 Å². The second kappa shape index (κ2) is 7.97. The van der Waals surface area contributed by atoms with Crippen molar-refractivity contribution in [3.8, 4) is 0 Å². The van der Waals surface area contributed by atoms with Crippen molar-refractivity contribution in [3.05, 3.63) is 107 Å². The highest BCUT2D eigenvalue weighted by Gasteiger charge is 2.18. The van der Waals surface area contributed by atoms with Gasteiger partial charge >= 0.3 is 0 Å². The van der Waals surface area contributed by atoms with E-state index in [0.717, 1.165) is 12.8 Å². The molecule has 2 unspecified atom stereocenters. The highest BCUT2D eigenvalue weighted by molar-refractivity contribution is 5.35. The normalized spacial score (nSPS) is 13.4. The molecule has 0 saturated heterocycles. The van der Waals surface area contributed by atoms with E-state index < -0.39 is 0 Å². The Balaban J connectivity index is 1.90. The summed E-state index contributed by atoms with van der Waals surface area (Å²) in [5.74, 6) is 0.967. The molecule has 3 aromatic rings. The van der Waals surface area contributed by atoms with Crippen LogP contribution in [0.25, 0.3) is 0 Å². The van der Waals surface area contributed by atoms with Crippen LogP contribution in [0.15, 0.2) is 84.9 Å². The van der Waals surface area contributed by atoms with E-state index in [4.69, 9.17) is 0 Å². The van der Waals surface area contributed by atoms with Crippen LogP contribution in [0.2, 0.25) is 0 Å². The highest BCUT2D eigenvalue weighted by Crippen LogP contribution is 2.34. The third kappa shape index (κ3) is 3.94. The van der Waals surface area contributed by atoms with E-state index in [1.54, 1.807) is 0 Å². The minimum Gasteiger partial charge on any atom is -0.0622 e. The molecule has 0 radical (unpaired) electrons. The third-order valence-electron chi connectivity index (χ3n) is 4.95. The molecule has 0 aliphatic heterocycles. The molecule has 0 heteroatoms. The lowest BCUT2D eigenvalue weighted by atomic mass is 9.81. The lowest BCUT2D eigenvalue weighted by molar-refractivity contribution is 0.617. The van der Waals surface area contributed by atoms with Gasteiger partial charge < -0.3 is 0 Å². The van der Waals surface area contributed by atoms with Gasteiger partial charge in [0.25, 0.3) is 0 Å². The van der Waals surface area contributed by atoms with Gasteiger partial charge in [-0.2, -0.15) is 0 Å². The first-order valence-corrected chi connectivity index (χ1v) is 8.96. The summed E-state index contributed by atoms with van der Waals surface area (Å²) >= 11 is 0. The lowest BCUT2D eigenvalue weighted by Gasteiger charge is -2.23. The van der Waals surface area contributed by atoms with Crippen molar-refractivity contribution >= 4 is 0 Å². The first-order valence-electron chi connectivity index (χ1n) is 8.96. The minimum absolute atomic E-state index is 0.437. The molecule has 0 nitrogen and oxygen atoms in total. The van der Waals surface area contributed by atoms with Gasteiger partial charge in [-0.3, -0.25) is 0 Å². The molecule has 0 amide bonds. The molecule has 0 heterocycles. The summed E-state index contributed by atoms with van der Waals surface area (Å²) in [4.78, 5) is 0. The summed E-state index contributed by atoms with van der Waals surface area (Å²) in [6, 6.07) is 31.0. The Morgan fingerprint density at radius 2 is 1.12 bits per heavy atom. The van der Waals surface area contributed by atoms with E-state index in [0.29, 0.717) is 11.8 Å². The predicted octanol–water partition coefficient (Wildman–Crippen LogP) is 6.57. The molecular weight excluding hydrogens is 288 g/mol. The zero-order valence-electron chi connectivity index (χ0n) is 14.7. The molecule has 0 N–H and O–H groups in total. The van der Waals surface area contributed by atoms with Crippen LogP contribution in [-0.2, 0) is 6.42 Å². The van der Waals surface area contributed by atoms with Gasteiger partial charge in [0.15, 0.2) is 0 Å². The fourth-order valence-corrected chi connectivity index (χ4v) is 3.41. The molecule has 0 aliphatic rings. The molecule has 3 aromatic carbocycles. The van der Waals surface area contributed by atoms with Gasteiger partial charge in [-0.1, -0.05) is 98.8 Å². The second-order valence-electron chi connectivity index (χ2n) is 6.61. The van der Waals surface area contributed by atoms with E-state index in [1.165, 1.54) is 22.3 Å². The van der Waals surface area contributed by atoms with E-state index in [1.807, 2.05) is 0 Å². The van der Waals surface area contributed by atoms with E-state index in [2.05, 4.69) is 98.8 Å². The minimum atomic E-state index is 0.437. The van der Waals surface area contributed by atoms with Gasteiger partial charge in [0.2, 0.25) is 0 Å². The Morgan fingerprint density at radius 1 is 0.625 bits per heavy atom. The number of benzene rings is 3. The SMILES string of the molecule is CCc1ccc(C(CC(C)c2ccccc2)c2ccccc2)cc1. The summed E-state index contributed by atoms with van der Waals surface area (Å²) in [5, 5.41) is 0. The third-order valence-corrected chi connectivity index (χ3v) is 4.95. The number of rotatable bonds is 6. The number of hydrogen-bond donors (Lipinski definition) is 0. The molecule has 0 spiro atoms. The number of hydrogen-bond acceptors (Lipinski definition) is 0. The second-order valence-corrected chi connectivity index (χ2v) is 6.61. The largest absolute Gasteiger partial charge is 0.0622 e. The molecule has 2 atom stereocenters. The van der Waals surface area contributed by atoms with Crippen LogP contribution in [0.4, 0.5) is 0 Å². The fraction of sp³-hybridized carbons (Fsp3) is 0.250. The Morgan fingerprint density at radius 3 is 1.67 bits per heavy atom. The summed E-state index contributed by atoms with van der Waals surface area (Å²) in [7, 11) is 0. The molecule has 122 valence electrons. The van der Waals surface area contributed by atoms with Crippen LogP contribution in [0.3, 0.4) is 0 Å². The Hall–Kier alpha value is -2.34. The maximum atomic E-state index is 2.34. The van der Waals surface area contributed by atoms with Crippen molar-refractivity contribution in [2.75, 3.05) is 0 Å². The van der Waals surface area contributed by atoms with Gasteiger partial charge in [0, 0.05) is 5.92 Å². The molecule has 0 aromatic heterocycles. The van der Waals surface area contributed by atoms with Crippen molar-refractivity contribution in [3.63, 3.8) is 0 Å². The molecular formula is C24H26. The van der Waals surface area contributed by atoms with Crippen LogP contribution in [0.5, 0.6) is 0 Å². The lowest BCUT2D eigenvalue weighted by Crippen LogP contribution is -2.06. The monoisotopic (exact) mass is 314 g/mol. The van der Waals surface area contributed by atoms with Crippen LogP contribution in [0.1, 0.15) is 54.4 Å². The fourth-order valence-electron chi connectivity index (χ4n) is 3.41. The average molecular weight is 314 g/mol. The van der Waals surface area contributed by atoms with E-state index in [9.17, 15) is 0 Å². The van der Waals surface area contributed by atoms with Crippen molar-refractivity contribution in [2.45, 2.75) is 38.5 Å². The van der Waals surface area contributed by atoms with Crippen LogP contribution < -0.4 is 0 Å². The zero-order valence-corrected chi connectivity index (χ0v) is 14.7. The molecule has 0 bridgehead atoms. The van der Waals surface area contributed by atoms with Crippen LogP contribution in [-0.4, -0.2) is 0 Å². The van der Waals surface area contributed by atoms with Gasteiger partial charge in [0.05, 0.1) is 0 Å². The first kappa shape index (κ1) is 16.5. The van der Waals surface area contributed by atoms with E-state index in [-0.39, 0.29) is 0 Å². The van der Waals surface area contributed by atoms with E-state index >= 15 is 0 Å². The van der Waals surface area contributed by atoms with Crippen molar-refractivity contribution in [1.82, 2.24) is 0 Å². The molecule has 0 aliphatic carbocycles. The molecule has 24 heavy (non-hydrogen) atoms. The van der Waals surface area contributed by atoms with Gasteiger partial charge in [0.1, 0.15) is 0 Å². The Labute approximate surface area is 146 Å². The maximum Gasteiger partial charge on any atom is 0.00950 e. The summed E-state index contributed by atoms with van der Waals surface area (Å²) in [5.41, 5.74) is 5.65. The Kier molecular flexibility index (Phi) is 5.48. The Bertz CT molecular complexity index is 726. The average Bonchev–Trinajstić information content (AvgIpc) is 2.67. The van der Waals surface area contributed by atoms with Gasteiger partial charge in [-0.05, 0) is 41.0 Å². The molecule has 3 rings (SSSR count). The molecule has 0 fully saturated rings. The molecule has 0 saturated carbocycles. The standard InChI is InChI=1S/C24H26/c1-3-20-14-16-23(17-15-20)24(22-12-8-5-9-13-22)18-19(2)21-10-6-4-7-11-21/h4-17,19,24H,3,18H2,1-2H3. The van der Waals surface area contributed by atoms with Gasteiger partial charge in [-0.15, -0.1) is 0 Å². The zero-order chi connectivity index (χ0) is 16.8. The highest BCUT2D eigenvalue weighted by atomic mass is 14.2. The van der Waals surface area contributed by atoms with Crippen molar-refractivity contribution < 1.29 is 0 Å². The first-order chi connectivity index (χ1) is 11.8. The quantitative estimate of drug-likeness (QED) is 0.482. The van der Waals surface area contributed by atoms with Crippen LogP contribution in [0, 0.1) is 0 Å². The summed E-state index contributed by atoms with van der Waals surface area (Å²) < 4.78 is 0. The maximum absolute atomic E-state index is 2.34.